The van der Waals surface area contributed by atoms with Crippen LogP contribution in [0.5, 0.6) is 0 Å². The lowest BCUT2D eigenvalue weighted by Crippen LogP contribution is -2.38. The fourth-order valence-corrected chi connectivity index (χ4v) is 4.39. The molecule has 6 nitrogen and oxygen atoms in total. The van der Waals surface area contributed by atoms with Gasteiger partial charge in [0.25, 0.3) is 5.91 Å². The third kappa shape index (κ3) is 6.97. The molecule has 1 aromatic carbocycles. The van der Waals surface area contributed by atoms with Crippen LogP contribution in [0.2, 0.25) is 0 Å². The van der Waals surface area contributed by atoms with E-state index in [1.54, 1.807) is 12.1 Å². The lowest BCUT2D eigenvalue weighted by molar-refractivity contribution is -0.154. The number of hydrogen-bond acceptors (Lipinski definition) is 5. The minimum Gasteiger partial charge on any atom is -0.453 e. The van der Waals surface area contributed by atoms with Gasteiger partial charge in [0, 0.05) is 6.54 Å². The normalized spacial score (nSPS) is 16.5. The van der Waals surface area contributed by atoms with E-state index in [-0.39, 0.29) is 23.0 Å². The minimum atomic E-state index is -3.55. The summed E-state index contributed by atoms with van der Waals surface area (Å²) in [6, 6.07) is 6.47. The van der Waals surface area contributed by atoms with E-state index in [9.17, 15) is 18.0 Å². The first-order chi connectivity index (χ1) is 12.8. The smallest absolute Gasteiger partial charge is 0.307 e. The average molecular weight is 396 g/mol. The van der Waals surface area contributed by atoms with Crippen LogP contribution in [0.4, 0.5) is 0 Å². The Kier molecular flexibility index (Phi) is 7.83. The van der Waals surface area contributed by atoms with Crippen molar-refractivity contribution >= 4 is 21.7 Å². The quantitative estimate of drug-likeness (QED) is 0.684. The summed E-state index contributed by atoms with van der Waals surface area (Å²) >= 11 is 0. The van der Waals surface area contributed by atoms with E-state index in [1.807, 2.05) is 6.92 Å². The third-order valence-electron chi connectivity index (χ3n) is 4.92. The molecular weight excluding hydrogens is 366 g/mol. The van der Waals surface area contributed by atoms with Gasteiger partial charge >= 0.3 is 5.97 Å². The van der Waals surface area contributed by atoms with E-state index < -0.39 is 21.9 Å². The Balaban J connectivity index is 1.75. The van der Waals surface area contributed by atoms with E-state index in [0.717, 1.165) is 18.4 Å². The summed E-state index contributed by atoms with van der Waals surface area (Å²) in [7, 11) is -3.55. The summed E-state index contributed by atoms with van der Waals surface area (Å²) < 4.78 is 29.6. The number of carbonyl (C=O) groups excluding carboxylic acids is 2. The van der Waals surface area contributed by atoms with Gasteiger partial charge in [0.05, 0.1) is 17.1 Å². The highest BCUT2D eigenvalue weighted by Crippen LogP contribution is 2.22. The van der Waals surface area contributed by atoms with Crippen molar-refractivity contribution < 1.29 is 22.7 Å². The third-order valence-corrected chi connectivity index (χ3v) is 6.65. The number of aryl methyl sites for hydroxylation is 1. The van der Waals surface area contributed by atoms with Crippen molar-refractivity contribution in [1.29, 1.82) is 0 Å². The van der Waals surface area contributed by atoms with Crippen LogP contribution in [-0.2, 0) is 24.2 Å². The number of benzene rings is 1. The Morgan fingerprint density at radius 1 is 1.15 bits per heavy atom. The highest BCUT2D eigenvalue weighted by molar-refractivity contribution is 7.91. The number of hydrogen-bond donors (Lipinski definition) is 1. The zero-order valence-corrected chi connectivity index (χ0v) is 16.9. The molecule has 1 fully saturated rings. The van der Waals surface area contributed by atoms with Crippen LogP contribution >= 0.6 is 0 Å². The summed E-state index contributed by atoms with van der Waals surface area (Å²) in [6.45, 7) is 3.97. The van der Waals surface area contributed by atoms with Crippen molar-refractivity contribution in [3.63, 3.8) is 0 Å². The van der Waals surface area contributed by atoms with Crippen LogP contribution in [-0.4, -0.2) is 38.7 Å². The second kappa shape index (κ2) is 9.88. The Labute approximate surface area is 161 Å². The standard InChI is InChI=1S/C20H29NO5S/c1-15-8-10-18(11-9-15)27(24,25)13-12-19(22)26-16(2)20(23)21-14-17-6-4-3-5-7-17/h8-11,16-17H,3-7,12-14H2,1-2H3,(H,21,23)/t16-/m0/s1. The van der Waals surface area contributed by atoms with Gasteiger partial charge in [0.2, 0.25) is 0 Å². The number of rotatable bonds is 8. The number of ether oxygens (including phenoxy) is 1. The summed E-state index contributed by atoms with van der Waals surface area (Å²) in [6.07, 6.45) is 4.67. The van der Waals surface area contributed by atoms with Crippen molar-refractivity contribution in [1.82, 2.24) is 5.32 Å². The van der Waals surface area contributed by atoms with E-state index >= 15 is 0 Å². The molecule has 1 saturated carbocycles. The molecule has 0 spiro atoms. The molecule has 2 rings (SSSR count). The van der Waals surface area contributed by atoms with Crippen molar-refractivity contribution in [3.05, 3.63) is 29.8 Å². The van der Waals surface area contributed by atoms with Gasteiger partial charge in [0.1, 0.15) is 0 Å². The van der Waals surface area contributed by atoms with Crippen molar-refractivity contribution in [3.8, 4) is 0 Å². The molecule has 1 N–H and O–H groups in total. The summed E-state index contributed by atoms with van der Waals surface area (Å²) in [5.41, 5.74) is 0.960. The Bertz CT molecular complexity index is 736. The number of nitrogens with one attached hydrogen (secondary N) is 1. The largest absolute Gasteiger partial charge is 0.453 e. The first-order valence-electron chi connectivity index (χ1n) is 9.54. The first kappa shape index (κ1) is 21.4. The number of amides is 1. The van der Waals surface area contributed by atoms with Gasteiger partial charge in [-0.05, 0) is 44.7 Å². The maximum atomic E-state index is 12.3. The maximum Gasteiger partial charge on any atom is 0.307 e. The average Bonchev–Trinajstić information content (AvgIpc) is 2.65. The van der Waals surface area contributed by atoms with Crippen LogP contribution in [0.25, 0.3) is 0 Å². The number of esters is 1. The number of sulfone groups is 1. The molecule has 0 radical (unpaired) electrons. The van der Waals surface area contributed by atoms with Gasteiger partial charge in [0.15, 0.2) is 15.9 Å². The maximum absolute atomic E-state index is 12.3. The van der Waals surface area contributed by atoms with Gasteiger partial charge < -0.3 is 10.1 Å². The van der Waals surface area contributed by atoms with Gasteiger partial charge in [-0.3, -0.25) is 9.59 Å². The highest BCUT2D eigenvalue weighted by atomic mass is 32.2. The van der Waals surface area contributed by atoms with E-state index in [1.165, 1.54) is 38.3 Å². The predicted octanol–water partition coefficient (Wildman–Crippen LogP) is 2.79. The molecule has 150 valence electrons. The molecule has 0 heterocycles. The van der Waals surface area contributed by atoms with Crippen molar-refractivity contribution in [2.45, 2.75) is 63.4 Å². The van der Waals surface area contributed by atoms with Gasteiger partial charge in [-0.25, -0.2) is 8.42 Å². The van der Waals surface area contributed by atoms with Gasteiger partial charge in [-0.15, -0.1) is 0 Å². The molecule has 1 aliphatic carbocycles. The lowest BCUT2D eigenvalue weighted by Gasteiger charge is -2.22. The second-order valence-electron chi connectivity index (χ2n) is 7.26. The molecule has 1 aromatic rings. The van der Waals surface area contributed by atoms with Crippen LogP contribution in [0.1, 0.15) is 51.0 Å². The second-order valence-corrected chi connectivity index (χ2v) is 9.37. The minimum absolute atomic E-state index is 0.180. The predicted molar refractivity (Wildman–Crippen MR) is 103 cm³/mol. The summed E-state index contributed by atoms with van der Waals surface area (Å²) in [5.74, 6) is -0.878. The molecule has 27 heavy (non-hydrogen) atoms. The van der Waals surface area contributed by atoms with Crippen molar-refractivity contribution in [2.24, 2.45) is 5.92 Å². The van der Waals surface area contributed by atoms with E-state index in [2.05, 4.69) is 5.32 Å². The summed E-state index contributed by atoms with van der Waals surface area (Å²) in [4.78, 5) is 24.2. The lowest BCUT2D eigenvalue weighted by atomic mass is 9.89. The van der Waals surface area contributed by atoms with E-state index in [0.29, 0.717) is 12.5 Å². The van der Waals surface area contributed by atoms with E-state index in [4.69, 9.17) is 4.74 Å². The SMILES string of the molecule is Cc1ccc(S(=O)(=O)CCC(=O)O[C@@H](C)C(=O)NCC2CCCCC2)cc1. The topological polar surface area (TPSA) is 89.5 Å². The molecule has 1 amide bonds. The van der Waals surface area contributed by atoms with Crippen LogP contribution in [0, 0.1) is 12.8 Å². The monoisotopic (exact) mass is 395 g/mol. The molecule has 0 aromatic heterocycles. The molecule has 1 atom stereocenters. The Hall–Kier alpha value is -1.89. The van der Waals surface area contributed by atoms with Crippen molar-refractivity contribution in [2.75, 3.05) is 12.3 Å². The zero-order chi connectivity index (χ0) is 19.9. The highest BCUT2D eigenvalue weighted by Gasteiger charge is 2.22. The van der Waals surface area contributed by atoms with Gasteiger partial charge in [-0.2, -0.15) is 0 Å². The van der Waals surface area contributed by atoms with Crippen LogP contribution in [0.15, 0.2) is 29.2 Å². The Morgan fingerprint density at radius 3 is 2.41 bits per heavy atom. The molecular formula is C20H29NO5S. The summed E-state index contributed by atoms with van der Waals surface area (Å²) in [5, 5.41) is 2.83. The van der Waals surface area contributed by atoms with Crippen LogP contribution < -0.4 is 5.32 Å². The van der Waals surface area contributed by atoms with Crippen LogP contribution in [0.3, 0.4) is 0 Å². The molecule has 0 aliphatic heterocycles. The Morgan fingerprint density at radius 2 is 1.78 bits per heavy atom. The molecule has 1 aliphatic rings. The molecule has 0 saturated heterocycles. The molecule has 7 heteroatoms. The van der Waals surface area contributed by atoms with Gasteiger partial charge in [-0.1, -0.05) is 37.0 Å². The molecule has 0 bridgehead atoms. The fourth-order valence-electron chi connectivity index (χ4n) is 3.17. The fraction of sp³-hybridized carbons (Fsp3) is 0.600. The number of carbonyl (C=O) groups is 2. The zero-order valence-electron chi connectivity index (χ0n) is 16.1. The molecule has 0 unspecified atom stereocenters. The first-order valence-corrected chi connectivity index (χ1v) is 11.2.